The van der Waals surface area contributed by atoms with Gasteiger partial charge in [-0.25, -0.2) is 0 Å². The van der Waals surface area contributed by atoms with Crippen LogP contribution in [0.4, 0.5) is 0 Å². The smallest absolute Gasteiger partial charge is 0.310 e. The molecule has 70 valence electrons. The SMILES string of the molecule is COC(=O)C[C@@H](CBr)C(=O)OC. The molecule has 5 heteroatoms. The number of halogens is 1. The zero-order chi connectivity index (χ0) is 9.56. The van der Waals surface area contributed by atoms with E-state index in [1.165, 1.54) is 14.2 Å². The molecule has 0 unspecified atom stereocenters. The summed E-state index contributed by atoms with van der Waals surface area (Å²) in [6, 6.07) is 0. The van der Waals surface area contributed by atoms with Crippen LogP contribution in [-0.4, -0.2) is 31.5 Å². The minimum Gasteiger partial charge on any atom is -0.469 e. The molecule has 0 aliphatic heterocycles. The standard InChI is InChI=1S/C7H11BrO4/c1-11-6(9)3-5(4-8)7(10)12-2/h5H,3-4H2,1-2H3/t5-/m0/s1. The van der Waals surface area contributed by atoms with Crippen molar-refractivity contribution < 1.29 is 19.1 Å². The third-order valence-electron chi connectivity index (χ3n) is 1.36. The lowest BCUT2D eigenvalue weighted by molar-refractivity contribution is -0.151. The van der Waals surface area contributed by atoms with Crippen LogP contribution >= 0.6 is 15.9 Å². The average Bonchev–Trinajstić information content (AvgIpc) is 2.12. The summed E-state index contributed by atoms with van der Waals surface area (Å²) in [7, 11) is 2.57. The average molecular weight is 239 g/mol. The Morgan fingerprint density at radius 3 is 2.25 bits per heavy atom. The van der Waals surface area contributed by atoms with Crippen LogP contribution < -0.4 is 0 Å². The molecule has 0 aromatic heterocycles. The van der Waals surface area contributed by atoms with Gasteiger partial charge < -0.3 is 9.47 Å². The zero-order valence-electron chi connectivity index (χ0n) is 7.00. The second-order valence-corrected chi connectivity index (χ2v) is 2.80. The molecule has 12 heavy (non-hydrogen) atoms. The Morgan fingerprint density at radius 1 is 1.33 bits per heavy atom. The summed E-state index contributed by atoms with van der Waals surface area (Å²) >= 11 is 3.11. The number of carbonyl (C=O) groups excluding carboxylic acids is 2. The number of rotatable bonds is 4. The minimum absolute atomic E-state index is 0.0500. The molecule has 4 nitrogen and oxygen atoms in total. The molecule has 0 N–H and O–H groups in total. The summed E-state index contributed by atoms with van der Waals surface area (Å²) in [6.07, 6.45) is 0.0500. The van der Waals surface area contributed by atoms with Crippen LogP contribution in [0.25, 0.3) is 0 Å². The Labute approximate surface area is 79.3 Å². The molecule has 0 radical (unpaired) electrons. The van der Waals surface area contributed by atoms with Crippen molar-refractivity contribution in [1.82, 2.24) is 0 Å². The van der Waals surface area contributed by atoms with Gasteiger partial charge in [-0.1, -0.05) is 15.9 Å². The number of carbonyl (C=O) groups is 2. The lowest BCUT2D eigenvalue weighted by Crippen LogP contribution is -2.21. The Hall–Kier alpha value is -0.580. The first-order valence-corrected chi connectivity index (χ1v) is 4.48. The molecule has 0 saturated heterocycles. The number of hydrogen-bond donors (Lipinski definition) is 0. The zero-order valence-corrected chi connectivity index (χ0v) is 8.59. The number of alkyl halides is 1. The normalized spacial score (nSPS) is 11.9. The predicted octanol–water partition coefficient (Wildman–Crippen LogP) is 0.734. The van der Waals surface area contributed by atoms with Crippen molar-refractivity contribution >= 4 is 27.9 Å². The quantitative estimate of drug-likeness (QED) is 0.536. The summed E-state index contributed by atoms with van der Waals surface area (Å²) in [5, 5.41) is 0.398. The van der Waals surface area contributed by atoms with Gasteiger partial charge in [0, 0.05) is 5.33 Å². The highest BCUT2D eigenvalue weighted by atomic mass is 79.9. The van der Waals surface area contributed by atoms with Crippen LogP contribution in [0.2, 0.25) is 0 Å². The third-order valence-corrected chi connectivity index (χ3v) is 2.14. The van der Waals surface area contributed by atoms with Gasteiger partial charge in [-0.15, -0.1) is 0 Å². The number of esters is 2. The van der Waals surface area contributed by atoms with Gasteiger partial charge in [0.25, 0.3) is 0 Å². The number of ether oxygens (including phenoxy) is 2. The monoisotopic (exact) mass is 238 g/mol. The van der Waals surface area contributed by atoms with E-state index >= 15 is 0 Å². The molecule has 0 aromatic rings. The van der Waals surface area contributed by atoms with E-state index in [0.717, 1.165) is 0 Å². The van der Waals surface area contributed by atoms with Gasteiger partial charge in [-0.2, -0.15) is 0 Å². The molecule has 0 fully saturated rings. The molecule has 0 spiro atoms. The molecule has 1 atom stereocenters. The third kappa shape index (κ3) is 3.71. The molecular weight excluding hydrogens is 228 g/mol. The fraction of sp³-hybridized carbons (Fsp3) is 0.714. The van der Waals surface area contributed by atoms with E-state index in [1.807, 2.05) is 0 Å². The Morgan fingerprint density at radius 2 is 1.92 bits per heavy atom. The van der Waals surface area contributed by atoms with Gasteiger partial charge in [0.05, 0.1) is 26.6 Å². The minimum atomic E-state index is -0.456. The first kappa shape index (κ1) is 11.4. The summed E-state index contributed by atoms with van der Waals surface area (Å²) in [5.41, 5.74) is 0. The highest BCUT2D eigenvalue weighted by molar-refractivity contribution is 9.09. The molecule has 0 aromatic carbocycles. The van der Waals surface area contributed by atoms with E-state index in [4.69, 9.17) is 0 Å². The molecule has 0 saturated carbocycles. The lowest BCUT2D eigenvalue weighted by Gasteiger charge is -2.08. The van der Waals surface area contributed by atoms with Crippen LogP contribution in [0.15, 0.2) is 0 Å². The van der Waals surface area contributed by atoms with E-state index < -0.39 is 17.9 Å². The molecule has 0 aliphatic rings. The molecular formula is C7H11BrO4. The van der Waals surface area contributed by atoms with Crippen molar-refractivity contribution in [2.24, 2.45) is 5.92 Å². The fourth-order valence-corrected chi connectivity index (χ4v) is 1.15. The molecule has 0 bridgehead atoms. The Kier molecular flexibility index (Phi) is 5.70. The maximum atomic E-state index is 10.9. The summed E-state index contributed by atoms with van der Waals surface area (Å²) in [6.45, 7) is 0. The van der Waals surface area contributed by atoms with Crippen molar-refractivity contribution in [3.8, 4) is 0 Å². The Balaban J connectivity index is 3.99. The van der Waals surface area contributed by atoms with Gasteiger partial charge in [0.15, 0.2) is 0 Å². The number of hydrogen-bond acceptors (Lipinski definition) is 4. The van der Waals surface area contributed by atoms with E-state index in [9.17, 15) is 9.59 Å². The second kappa shape index (κ2) is 5.99. The summed E-state index contributed by atoms with van der Waals surface area (Å²) in [5.74, 6) is -1.27. The fourth-order valence-electron chi connectivity index (χ4n) is 0.652. The van der Waals surface area contributed by atoms with Gasteiger partial charge >= 0.3 is 11.9 Å². The van der Waals surface area contributed by atoms with E-state index in [-0.39, 0.29) is 6.42 Å². The van der Waals surface area contributed by atoms with Gasteiger partial charge in [-0.3, -0.25) is 9.59 Å². The first-order valence-electron chi connectivity index (χ1n) is 3.36. The van der Waals surface area contributed by atoms with Crippen molar-refractivity contribution in [3.05, 3.63) is 0 Å². The maximum absolute atomic E-state index is 10.9. The van der Waals surface area contributed by atoms with Crippen molar-refractivity contribution in [1.29, 1.82) is 0 Å². The molecule has 0 heterocycles. The Bertz CT molecular complexity index is 169. The number of methoxy groups -OCH3 is 2. The lowest BCUT2D eigenvalue weighted by atomic mass is 10.1. The van der Waals surface area contributed by atoms with Crippen molar-refractivity contribution in [2.45, 2.75) is 6.42 Å². The van der Waals surface area contributed by atoms with Gasteiger partial charge in [0.2, 0.25) is 0 Å². The van der Waals surface area contributed by atoms with E-state index in [0.29, 0.717) is 5.33 Å². The maximum Gasteiger partial charge on any atom is 0.310 e. The van der Waals surface area contributed by atoms with Crippen LogP contribution in [0.5, 0.6) is 0 Å². The second-order valence-electron chi connectivity index (χ2n) is 2.15. The van der Waals surface area contributed by atoms with Crippen LogP contribution in [0.1, 0.15) is 6.42 Å². The first-order chi connectivity index (χ1) is 5.65. The summed E-state index contributed by atoms with van der Waals surface area (Å²) < 4.78 is 8.88. The van der Waals surface area contributed by atoms with E-state index in [2.05, 4.69) is 25.4 Å². The van der Waals surface area contributed by atoms with Crippen molar-refractivity contribution in [3.63, 3.8) is 0 Å². The summed E-state index contributed by atoms with van der Waals surface area (Å²) in [4.78, 5) is 21.7. The van der Waals surface area contributed by atoms with Crippen LogP contribution in [-0.2, 0) is 19.1 Å². The topological polar surface area (TPSA) is 52.6 Å². The molecule has 0 rings (SSSR count). The van der Waals surface area contributed by atoms with Crippen LogP contribution in [0.3, 0.4) is 0 Å². The molecule has 0 aliphatic carbocycles. The van der Waals surface area contributed by atoms with Gasteiger partial charge in [-0.05, 0) is 0 Å². The largest absolute Gasteiger partial charge is 0.469 e. The van der Waals surface area contributed by atoms with E-state index in [1.54, 1.807) is 0 Å². The highest BCUT2D eigenvalue weighted by Crippen LogP contribution is 2.09. The molecule has 0 amide bonds. The highest BCUT2D eigenvalue weighted by Gasteiger charge is 2.21. The van der Waals surface area contributed by atoms with Crippen LogP contribution in [0, 0.1) is 5.92 Å². The van der Waals surface area contributed by atoms with Crippen molar-refractivity contribution in [2.75, 3.05) is 19.5 Å². The van der Waals surface area contributed by atoms with Gasteiger partial charge in [0.1, 0.15) is 0 Å². The predicted molar refractivity (Wildman–Crippen MR) is 45.9 cm³/mol.